The molecule has 1 N–H and O–H groups in total. The van der Waals surface area contributed by atoms with Crippen LogP contribution in [0.3, 0.4) is 0 Å². The van der Waals surface area contributed by atoms with Crippen LogP contribution in [-0.2, 0) is 9.53 Å². The highest BCUT2D eigenvalue weighted by molar-refractivity contribution is 5.87. The number of benzene rings is 2. The molecule has 34 heavy (non-hydrogen) atoms. The molecular formula is C26H30N6O2. The summed E-state index contributed by atoms with van der Waals surface area (Å²) in [5, 5.41) is 4.27. The minimum atomic E-state index is -0.244. The van der Waals surface area contributed by atoms with E-state index in [1.807, 2.05) is 24.4 Å². The second-order valence-corrected chi connectivity index (χ2v) is 8.79. The number of fused-ring (bicyclic) bond motifs is 1. The van der Waals surface area contributed by atoms with Crippen LogP contribution in [0.25, 0.3) is 10.9 Å². The van der Waals surface area contributed by atoms with E-state index in [1.165, 1.54) is 11.8 Å². The largest absolute Gasteiger partial charge is 0.370 e. The lowest BCUT2D eigenvalue weighted by Crippen LogP contribution is -2.44. The Balaban J connectivity index is 1.35. The van der Waals surface area contributed by atoms with Gasteiger partial charge < -0.3 is 24.8 Å². The molecule has 3 heterocycles. The lowest BCUT2D eigenvalue weighted by molar-refractivity contribution is -0.133. The van der Waals surface area contributed by atoms with Crippen LogP contribution < -0.4 is 10.2 Å². The van der Waals surface area contributed by atoms with Crippen molar-refractivity contribution < 1.29 is 9.53 Å². The number of anilines is 3. The summed E-state index contributed by atoms with van der Waals surface area (Å²) in [6.07, 6.45) is 2.93. The standard InChI is InChI=1S/C26H30N6O2/c1-3-24(33)32-15-16-34-23(18-32)22-6-4-5-19-17-27-26(29-25(19)22)28-20-7-9-21(10-8-20)31-13-11-30(2)12-14-31/h3-10,17,23H,1,11-16,18H2,2H3,(H,27,28,29)/t23-/m0/s1. The first-order valence-corrected chi connectivity index (χ1v) is 11.7. The van der Waals surface area contributed by atoms with Crippen molar-refractivity contribution in [2.45, 2.75) is 6.10 Å². The van der Waals surface area contributed by atoms with Crippen LogP contribution in [0.4, 0.5) is 17.3 Å². The molecule has 176 valence electrons. The predicted molar refractivity (Wildman–Crippen MR) is 134 cm³/mol. The summed E-state index contributed by atoms with van der Waals surface area (Å²) in [6, 6.07) is 14.4. The van der Waals surface area contributed by atoms with Crippen molar-refractivity contribution in [2.75, 3.05) is 63.1 Å². The lowest BCUT2D eigenvalue weighted by atomic mass is 10.0. The fourth-order valence-electron chi connectivity index (χ4n) is 4.51. The molecule has 1 aromatic heterocycles. The molecule has 0 bridgehead atoms. The van der Waals surface area contributed by atoms with E-state index in [-0.39, 0.29) is 12.0 Å². The fraction of sp³-hybridized carbons (Fsp3) is 0.346. The van der Waals surface area contributed by atoms with Crippen molar-refractivity contribution in [2.24, 2.45) is 0 Å². The topological polar surface area (TPSA) is 73.8 Å². The van der Waals surface area contributed by atoms with Gasteiger partial charge in [0.25, 0.3) is 0 Å². The Morgan fingerprint density at radius 2 is 1.91 bits per heavy atom. The van der Waals surface area contributed by atoms with Crippen molar-refractivity contribution in [3.8, 4) is 0 Å². The van der Waals surface area contributed by atoms with Crippen molar-refractivity contribution in [1.82, 2.24) is 19.8 Å². The molecule has 0 unspecified atom stereocenters. The molecule has 0 spiro atoms. The zero-order valence-electron chi connectivity index (χ0n) is 19.5. The van der Waals surface area contributed by atoms with Gasteiger partial charge in [-0.05, 0) is 37.4 Å². The third kappa shape index (κ3) is 4.73. The molecule has 2 aromatic carbocycles. The van der Waals surface area contributed by atoms with Crippen LogP contribution in [0.2, 0.25) is 0 Å². The number of piperazine rings is 1. The van der Waals surface area contributed by atoms with Crippen molar-refractivity contribution >= 4 is 34.1 Å². The second kappa shape index (κ2) is 9.79. The maximum absolute atomic E-state index is 12.1. The first-order valence-electron chi connectivity index (χ1n) is 11.7. The molecule has 5 rings (SSSR count). The number of hydrogen-bond donors (Lipinski definition) is 1. The maximum atomic E-state index is 12.1. The fourth-order valence-corrected chi connectivity index (χ4v) is 4.51. The number of carbonyl (C=O) groups excluding carboxylic acids is 1. The van der Waals surface area contributed by atoms with Gasteiger partial charge in [0.1, 0.15) is 6.10 Å². The number of para-hydroxylation sites is 1. The van der Waals surface area contributed by atoms with E-state index in [0.29, 0.717) is 25.6 Å². The van der Waals surface area contributed by atoms with E-state index in [4.69, 9.17) is 9.72 Å². The van der Waals surface area contributed by atoms with E-state index in [1.54, 1.807) is 4.90 Å². The number of ether oxygens (including phenoxy) is 1. The van der Waals surface area contributed by atoms with Gasteiger partial charge >= 0.3 is 0 Å². The van der Waals surface area contributed by atoms with E-state index < -0.39 is 0 Å². The molecule has 0 saturated carbocycles. The average molecular weight is 459 g/mol. The Morgan fingerprint density at radius 3 is 2.68 bits per heavy atom. The first kappa shape index (κ1) is 22.3. The number of aromatic nitrogens is 2. The Labute approximate surface area is 199 Å². The summed E-state index contributed by atoms with van der Waals surface area (Å²) in [4.78, 5) is 28.0. The number of morpholine rings is 1. The number of nitrogens with zero attached hydrogens (tertiary/aromatic N) is 5. The molecule has 1 amide bonds. The van der Waals surface area contributed by atoms with Crippen LogP contribution in [0.5, 0.6) is 0 Å². The number of amides is 1. The Kier molecular flexibility index (Phi) is 6.42. The molecule has 2 fully saturated rings. The van der Waals surface area contributed by atoms with E-state index >= 15 is 0 Å². The Bertz CT molecular complexity index is 1170. The first-order chi connectivity index (χ1) is 16.6. The minimum Gasteiger partial charge on any atom is -0.370 e. The molecule has 0 radical (unpaired) electrons. The molecule has 8 heteroatoms. The van der Waals surface area contributed by atoms with Crippen LogP contribution in [0, 0.1) is 0 Å². The quantitative estimate of drug-likeness (QED) is 0.589. The highest BCUT2D eigenvalue weighted by Crippen LogP contribution is 2.29. The molecule has 2 aliphatic rings. The van der Waals surface area contributed by atoms with Crippen LogP contribution in [0.15, 0.2) is 61.3 Å². The van der Waals surface area contributed by atoms with Gasteiger partial charge in [-0.2, -0.15) is 0 Å². The third-order valence-corrected chi connectivity index (χ3v) is 6.53. The van der Waals surface area contributed by atoms with Gasteiger partial charge in [0.15, 0.2) is 0 Å². The van der Waals surface area contributed by atoms with E-state index in [2.05, 4.69) is 58.0 Å². The van der Waals surface area contributed by atoms with Gasteiger partial charge in [-0.15, -0.1) is 0 Å². The summed E-state index contributed by atoms with van der Waals surface area (Å²) in [5.74, 6) is 0.452. The highest BCUT2D eigenvalue weighted by Gasteiger charge is 2.26. The molecule has 2 aliphatic heterocycles. The minimum absolute atomic E-state index is 0.0782. The van der Waals surface area contributed by atoms with Crippen LogP contribution in [-0.4, -0.2) is 78.6 Å². The smallest absolute Gasteiger partial charge is 0.246 e. The van der Waals surface area contributed by atoms with Gasteiger partial charge in [-0.25, -0.2) is 9.97 Å². The number of likely N-dealkylation sites (N-methyl/N-ethyl adjacent to an activating group) is 1. The SMILES string of the molecule is C=CC(=O)N1CCO[C@H](c2cccc3cnc(Nc4ccc(N5CCN(C)CC5)cc4)nc23)C1. The predicted octanol–water partition coefficient (Wildman–Crippen LogP) is 3.21. The molecule has 3 aromatic rings. The maximum Gasteiger partial charge on any atom is 0.246 e. The normalized spacial score (nSPS) is 19.3. The molecular weight excluding hydrogens is 428 g/mol. The average Bonchev–Trinajstić information content (AvgIpc) is 2.89. The van der Waals surface area contributed by atoms with Gasteiger partial charge in [0.2, 0.25) is 11.9 Å². The van der Waals surface area contributed by atoms with Crippen molar-refractivity contribution in [1.29, 1.82) is 0 Å². The highest BCUT2D eigenvalue weighted by atomic mass is 16.5. The second-order valence-electron chi connectivity index (χ2n) is 8.79. The summed E-state index contributed by atoms with van der Waals surface area (Å²) in [6.45, 7) is 9.37. The summed E-state index contributed by atoms with van der Waals surface area (Å²) in [7, 11) is 2.16. The Hall–Kier alpha value is -3.49. The monoisotopic (exact) mass is 458 g/mol. The van der Waals surface area contributed by atoms with Crippen molar-refractivity contribution in [3.05, 3.63) is 66.9 Å². The number of hydrogen-bond acceptors (Lipinski definition) is 7. The molecule has 2 saturated heterocycles. The molecule has 0 aliphatic carbocycles. The van der Waals surface area contributed by atoms with Gasteiger partial charge in [0, 0.05) is 61.2 Å². The van der Waals surface area contributed by atoms with E-state index in [0.717, 1.165) is 48.3 Å². The van der Waals surface area contributed by atoms with Crippen LogP contribution >= 0.6 is 0 Å². The summed E-state index contributed by atoms with van der Waals surface area (Å²) in [5.41, 5.74) is 3.95. The molecule has 8 nitrogen and oxygen atoms in total. The van der Waals surface area contributed by atoms with Gasteiger partial charge in [-0.1, -0.05) is 24.8 Å². The van der Waals surface area contributed by atoms with E-state index in [9.17, 15) is 4.79 Å². The third-order valence-electron chi connectivity index (χ3n) is 6.53. The van der Waals surface area contributed by atoms with Gasteiger partial charge in [0.05, 0.1) is 18.7 Å². The zero-order valence-corrected chi connectivity index (χ0v) is 19.5. The number of carbonyl (C=O) groups is 1. The lowest BCUT2D eigenvalue weighted by Gasteiger charge is -2.34. The number of rotatable bonds is 5. The summed E-state index contributed by atoms with van der Waals surface area (Å²) >= 11 is 0. The Morgan fingerprint density at radius 1 is 1.12 bits per heavy atom. The van der Waals surface area contributed by atoms with Crippen LogP contribution in [0.1, 0.15) is 11.7 Å². The zero-order chi connectivity index (χ0) is 23.5. The molecule has 1 atom stereocenters. The van der Waals surface area contributed by atoms with Crippen molar-refractivity contribution in [3.63, 3.8) is 0 Å². The number of nitrogens with one attached hydrogen (secondary N) is 1. The van der Waals surface area contributed by atoms with Gasteiger partial charge in [-0.3, -0.25) is 4.79 Å². The summed E-state index contributed by atoms with van der Waals surface area (Å²) < 4.78 is 6.02.